The Morgan fingerprint density at radius 2 is 1.96 bits per heavy atom. The quantitative estimate of drug-likeness (QED) is 0.526. The lowest BCUT2D eigenvalue weighted by molar-refractivity contribution is -0.385. The number of aryl methyl sites for hydroxylation is 1. The van der Waals surface area contributed by atoms with Crippen molar-refractivity contribution in [1.29, 1.82) is 0 Å². The van der Waals surface area contributed by atoms with Gasteiger partial charge in [0.05, 0.1) is 10.6 Å². The first-order valence-corrected chi connectivity index (χ1v) is 7.12. The minimum Gasteiger partial charge on any atom is -0.267 e. The fraction of sp³-hybridized carbons (Fsp3) is 0.125. The van der Waals surface area contributed by atoms with Crippen LogP contribution in [0.2, 0.25) is 5.02 Å². The van der Waals surface area contributed by atoms with Crippen LogP contribution in [0.25, 0.3) is 0 Å². The molecule has 0 spiro atoms. The topological polar surface area (TPSA) is 84.6 Å². The van der Waals surface area contributed by atoms with Crippen LogP contribution in [0, 0.1) is 17.0 Å². The van der Waals surface area contributed by atoms with Crippen molar-refractivity contribution < 1.29 is 9.72 Å². The van der Waals surface area contributed by atoms with Gasteiger partial charge in [0, 0.05) is 27.8 Å². The second-order valence-corrected chi connectivity index (χ2v) is 5.34. The first kappa shape index (κ1) is 16.6. The molecule has 0 unspecified atom stereocenters. The van der Waals surface area contributed by atoms with Gasteiger partial charge in [-0.25, -0.2) is 5.43 Å². The van der Waals surface area contributed by atoms with Gasteiger partial charge in [-0.1, -0.05) is 29.8 Å². The summed E-state index contributed by atoms with van der Waals surface area (Å²) in [7, 11) is 0. The van der Waals surface area contributed by atoms with E-state index in [1.807, 2.05) is 0 Å². The fourth-order valence-corrected chi connectivity index (χ4v) is 2.11. The molecule has 0 aliphatic heterocycles. The SMILES string of the molecule is C/C(=N/NC(=O)c1cccc(Cl)c1)c1ccc(C)c([N+](=O)[O-])c1. The molecular formula is C16H14ClN3O3. The number of benzene rings is 2. The average molecular weight is 332 g/mol. The molecule has 1 N–H and O–H groups in total. The van der Waals surface area contributed by atoms with Gasteiger partial charge >= 0.3 is 0 Å². The number of nitro groups is 1. The number of hydrogen-bond donors (Lipinski definition) is 1. The van der Waals surface area contributed by atoms with Crippen LogP contribution in [0.15, 0.2) is 47.6 Å². The van der Waals surface area contributed by atoms with Crippen molar-refractivity contribution >= 4 is 28.9 Å². The molecule has 2 aromatic rings. The van der Waals surface area contributed by atoms with Crippen LogP contribution >= 0.6 is 11.6 Å². The van der Waals surface area contributed by atoms with E-state index in [0.717, 1.165) is 0 Å². The van der Waals surface area contributed by atoms with Crippen LogP contribution < -0.4 is 5.43 Å². The molecule has 7 heteroatoms. The highest BCUT2D eigenvalue weighted by molar-refractivity contribution is 6.30. The van der Waals surface area contributed by atoms with E-state index in [0.29, 0.717) is 27.4 Å². The lowest BCUT2D eigenvalue weighted by Crippen LogP contribution is -2.19. The van der Waals surface area contributed by atoms with E-state index in [1.165, 1.54) is 12.1 Å². The number of carbonyl (C=O) groups excluding carboxylic acids is 1. The molecule has 0 heterocycles. The van der Waals surface area contributed by atoms with Crippen molar-refractivity contribution in [2.75, 3.05) is 0 Å². The Kier molecular flexibility index (Phi) is 5.08. The van der Waals surface area contributed by atoms with Crippen LogP contribution in [0.4, 0.5) is 5.69 Å². The Labute approximate surface area is 137 Å². The van der Waals surface area contributed by atoms with Crippen LogP contribution in [-0.2, 0) is 0 Å². The smallest absolute Gasteiger partial charge is 0.267 e. The predicted octanol–water partition coefficient (Wildman–Crippen LogP) is 3.71. The monoisotopic (exact) mass is 331 g/mol. The molecule has 0 aliphatic rings. The van der Waals surface area contributed by atoms with Crippen molar-refractivity contribution in [1.82, 2.24) is 5.43 Å². The van der Waals surface area contributed by atoms with Crippen molar-refractivity contribution in [3.63, 3.8) is 0 Å². The molecule has 1 amide bonds. The Morgan fingerprint density at radius 3 is 2.61 bits per heavy atom. The molecule has 23 heavy (non-hydrogen) atoms. The number of halogens is 1. The standard InChI is InChI=1S/C16H14ClN3O3/c1-10-6-7-12(9-15(10)20(22)23)11(2)18-19-16(21)13-4-3-5-14(17)8-13/h3-9H,1-2H3,(H,19,21)/b18-11-. The third-order valence-corrected chi connectivity index (χ3v) is 3.47. The normalized spacial score (nSPS) is 11.2. The largest absolute Gasteiger partial charge is 0.272 e. The van der Waals surface area contributed by atoms with Gasteiger partial charge in [0.15, 0.2) is 0 Å². The highest BCUT2D eigenvalue weighted by Gasteiger charge is 2.12. The van der Waals surface area contributed by atoms with Gasteiger partial charge in [0.25, 0.3) is 11.6 Å². The molecule has 2 aromatic carbocycles. The summed E-state index contributed by atoms with van der Waals surface area (Å²) in [5.41, 5.74) is 4.39. The van der Waals surface area contributed by atoms with E-state index in [9.17, 15) is 14.9 Å². The van der Waals surface area contributed by atoms with Gasteiger partial charge in [0.1, 0.15) is 0 Å². The number of hydrazone groups is 1. The van der Waals surface area contributed by atoms with E-state index in [2.05, 4.69) is 10.5 Å². The van der Waals surface area contributed by atoms with Crippen molar-refractivity contribution in [3.8, 4) is 0 Å². The zero-order chi connectivity index (χ0) is 17.0. The molecule has 118 valence electrons. The highest BCUT2D eigenvalue weighted by Crippen LogP contribution is 2.19. The predicted molar refractivity (Wildman–Crippen MR) is 89.0 cm³/mol. The van der Waals surface area contributed by atoms with Crippen LogP contribution in [0.3, 0.4) is 0 Å². The minimum atomic E-state index is -0.448. The van der Waals surface area contributed by atoms with E-state index in [-0.39, 0.29) is 5.69 Å². The molecule has 0 radical (unpaired) electrons. The molecular weight excluding hydrogens is 318 g/mol. The molecule has 0 aromatic heterocycles. The first-order chi connectivity index (χ1) is 10.9. The lowest BCUT2D eigenvalue weighted by Gasteiger charge is -2.04. The zero-order valence-corrected chi connectivity index (χ0v) is 13.3. The Bertz CT molecular complexity index is 803. The van der Waals surface area contributed by atoms with E-state index < -0.39 is 10.8 Å². The van der Waals surface area contributed by atoms with Gasteiger partial charge in [-0.2, -0.15) is 5.10 Å². The number of carbonyl (C=O) groups is 1. The van der Waals surface area contributed by atoms with Crippen molar-refractivity contribution in [2.45, 2.75) is 13.8 Å². The molecule has 0 bridgehead atoms. The number of nitrogens with zero attached hydrogens (tertiary/aromatic N) is 2. The number of amides is 1. The molecule has 2 rings (SSSR count). The summed E-state index contributed by atoms with van der Waals surface area (Å²) in [6.07, 6.45) is 0. The second kappa shape index (κ2) is 7.02. The summed E-state index contributed by atoms with van der Waals surface area (Å²) in [4.78, 5) is 22.5. The van der Waals surface area contributed by atoms with Gasteiger partial charge in [-0.05, 0) is 32.0 Å². The van der Waals surface area contributed by atoms with Gasteiger partial charge in [0.2, 0.25) is 0 Å². The molecule has 0 saturated heterocycles. The maximum absolute atomic E-state index is 12.0. The van der Waals surface area contributed by atoms with Crippen LogP contribution in [0.5, 0.6) is 0 Å². The molecule has 6 nitrogen and oxygen atoms in total. The third-order valence-electron chi connectivity index (χ3n) is 3.24. The summed E-state index contributed by atoms with van der Waals surface area (Å²) < 4.78 is 0. The van der Waals surface area contributed by atoms with Gasteiger partial charge < -0.3 is 0 Å². The van der Waals surface area contributed by atoms with Crippen molar-refractivity contribution in [2.24, 2.45) is 5.10 Å². The zero-order valence-electron chi connectivity index (χ0n) is 12.5. The number of hydrogen-bond acceptors (Lipinski definition) is 4. The molecule has 0 saturated carbocycles. The summed E-state index contributed by atoms with van der Waals surface area (Å²) in [6.45, 7) is 3.32. The maximum atomic E-state index is 12.0. The number of nitro benzene ring substituents is 1. The summed E-state index contributed by atoms with van der Waals surface area (Å²) in [6, 6.07) is 11.3. The summed E-state index contributed by atoms with van der Waals surface area (Å²) in [5.74, 6) is -0.409. The Balaban J connectivity index is 2.18. The van der Waals surface area contributed by atoms with Crippen LogP contribution in [0.1, 0.15) is 28.4 Å². The molecule has 0 aliphatic carbocycles. The molecule has 0 fully saturated rings. The average Bonchev–Trinajstić information content (AvgIpc) is 2.52. The summed E-state index contributed by atoms with van der Waals surface area (Å²) in [5, 5.41) is 15.4. The summed E-state index contributed by atoms with van der Waals surface area (Å²) >= 11 is 5.83. The van der Waals surface area contributed by atoms with E-state index in [1.54, 1.807) is 44.2 Å². The fourth-order valence-electron chi connectivity index (χ4n) is 1.92. The maximum Gasteiger partial charge on any atom is 0.272 e. The molecule has 0 atom stereocenters. The van der Waals surface area contributed by atoms with Crippen LogP contribution in [-0.4, -0.2) is 16.5 Å². The third kappa shape index (κ3) is 4.14. The number of nitrogens with one attached hydrogen (secondary N) is 1. The van der Waals surface area contributed by atoms with E-state index in [4.69, 9.17) is 11.6 Å². The van der Waals surface area contributed by atoms with Crippen molar-refractivity contribution in [3.05, 3.63) is 74.3 Å². The lowest BCUT2D eigenvalue weighted by atomic mass is 10.1. The minimum absolute atomic E-state index is 0.0122. The first-order valence-electron chi connectivity index (χ1n) is 6.74. The van der Waals surface area contributed by atoms with Gasteiger partial charge in [-0.3, -0.25) is 14.9 Å². The highest BCUT2D eigenvalue weighted by atomic mass is 35.5. The Hall–Kier alpha value is -2.73. The van der Waals surface area contributed by atoms with E-state index >= 15 is 0 Å². The second-order valence-electron chi connectivity index (χ2n) is 4.91. The Morgan fingerprint density at radius 1 is 1.22 bits per heavy atom. The number of rotatable bonds is 4. The van der Waals surface area contributed by atoms with Gasteiger partial charge in [-0.15, -0.1) is 0 Å².